The van der Waals surface area contributed by atoms with E-state index in [1.54, 1.807) is 12.1 Å². The second-order valence-corrected chi connectivity index (χ2v) is 5.14. The lowest BCUT2D eigenvalue weighted by molar-refractivity contribution is -0.926. The van der Waals surface area contributed by atoms with Crippen LogP contribution >= 0.6 is 0 Å². The number of likely N-dealkylation sites (tertiary alicyclic amines) is 1. The molecule has 2 unspecified atom stereocenters. The second-order valence-electron chi connectivity index (χ2n) is 5.14. The van der Waals surface area contributed by atoms with Crippen LogP contribution in [0.25, 0.3) is 0 Å². The predicted molar refractivity (Wildman–Crippen MR) is 64.6 cm³/mol. The summed E-state index contributed by atoms with van der Waals surface area (Å²) in [5, 5.41) is 0. The number of halogens is 1. The van der Waals surface area contributed by atoms with Gasteiger partial charge >= 0.3 is 0 Å². The van der Waals surface area contributed by atoms with E-state index in [4.69, 9.17) is 0 Å². The Balaban J connectivity index is 2.22. The lowest BCUT2D eigenvalue weighted by Gasteiger charge is -2.36. The number of nitrogens with zero attached hydrogens (tertiary/aromatic N) is 1. The maximum Gasteiger partial charge on any atom is 0.123 e. The van der Waals surface area contributed by atoms with Crippen molar-refractivity contribution >= 4 is 0 Å². The van der Waals surface area contributed by atoms with E-state index in [-0.39, 0.29) is 5.82 Å². The molecule has 2 heteroatoms. The monoisotopic (exact) mass is 222 g/mol. The highest BCUT2D eigenvalue weighted by atomic mass is 19.1. The minimum absolute atomic E-state index is 0.133. The van der Waals surface area contributed by atoms with Crippen LogP contribution < -0.4 is 0 Å². The van der Waals surface area contributed by atoms with Crippen molar-refractivity contribution < 1.29 is 8.87 Å². The van der Waals surface area contributed by atoms with Gasteiger partial charge in [0.05, 0.1) is 20.1 Å². The zero-order valence-corrected chi connectivity index (χ0v) is 10.2. The zero-order valence-electron chi connectivity index (χ0n) is 10.2. The van der Waals surface area contributed by atoms with E-state index < -0.39 is 0 Å². The van der Waals surface area contributed by atoms with E-state index in [1.807, 2.05) is 12.1 Å². The maximum atomic E-state index is 12.9. The molecule has 1 aromatic rings. The lowest BCUT2D eigenvalue weighted by atomic mass is 10.0. The molecule has 0 aliphatic carbocycles. The molecule has 0 saturated carbocycles. The second kappa shape index (κ2) is 4.54. The summed E-state index contributed by atoms with van der Waals surface area (Å²) in [6.45, 7) is 4.72. The van der Waals surface area contributed by atoms with E-state index in [9.17, 15) is 4.39 Å². The van der Waals surface area contributed by atoms with Crippen LogP contribution in [0.1, 0.15) is 37.8 Å². The number of quaternary nitrogens is 1. The first-order valence-corrected chi connectivity index (χ1v) is 6.25. The zero-order chi connectivity index (χ0) is 11.6. The van der Waals surface area contributed by atoms with E-state index in [0.29, 0.717) is 6.04 Å². The molecule has 0 spiro atoms. The molecular formula is C14H21FN+. The van der Waals surface area contributed by atoms with Crippen LogP contribution in [0.4, 0.5) is 4.39 Å². The van der Waals surface area contributed by atoms with E-state index in [2.05, 4.69) is 14.0 Å². The minimum Gasteiger partial charge on any atom is -0.320 e. The summed E-state index contributed by atoms with van der Waals surface area (Å²) in [4.78, 5) is 0. The molecule has 16 heavy (non-hydrogen) atoms. The first-order chi connectivity index (χ1) is 7.65. The summed E-state index contributed by atoms with van der Waals surface area (Å²) in [5.41, 5.74) is 1.30. The van der Waals surface area contributed by atoms with Crippen LogP contribution in [-0.2, 0) is 0 Å². The average molecular weight is 222 g/mol. The van der Waals surface area contributed by atoms with Crippen molar-refractivity contribution in [3.05, 3.63) is 35.6 Å². The Morgan fingerprint density at radius 2 is 2.00 bits per heavy atom. The summed E-state index contributed by atoms with van der Waals surface area (Å²) in [7, 11) is 2.34. The molecule has 88 valence electrons. The normalized spacial score (nSPS) is 29.6. The molecule has 0 radical (unpaired) electrons. The SMILES string of the molecule is CCC[N+]1(C)CCCC1c1ccc(F)cc1. The highest BCUT2D eigenvalue weighted by Crippen LogP contribution is 2.37. The lowest BCUT2D eigenvalue weighted by Crippen LogP contribution is -2.43. The van der Waals surface area contributed by atoms with E-state index in [1.165, 1.54) is 37.9 Å². The van der Waals surface area contributed by atoms with E-state index in [0.717, 1.165) is 4.48 Å². The minimum atomic E-state index is -0.133. The van der Waals surface area contributed by atoms with Crippen molar-refractivity contribution in [2.75, 3.05) is 20.1 Å². The Morgan fingerprint density at radius 1 is 1.31 bits per heavy atom. The fourth-order valence-electron chi connectivity index (χ4n) is 3.10. The summed E-state index contributed by atoms with van der Waals surface area (Å²) < 4.78 is 14.0. The van der Waals surface area contributed by atoms with Gasteiger partial charge in [0, 0.05) is 18.4 Å². The van der Waals surface area contributed by atoms with Crippen molar-refractivity contribution in [2.45, 2.75) is 32.2 Å². The molecule has 0 amide bonds. The van der Waals surface area contributed by atoms with Crippen molar-refractivity contribution in [1.29, 1.82) is 0 Å². The fraction of sp³-hybridized carbons (Fsp3) is 0.571. The van der Waals surface area contributed by atoms with Gasteiger partial charge in [-0.15, -0.1) is 0 Å². The smallest absolute Gasteiger partial charge is 0.123 e. The van der Waals surface area contributed by atoms with Gasteiger partial charge in [0.1, 0.15) is 11.9 Å². The Labute approximate surface area is 97.5 Å². The molecule has 1 aromatic carbocycles. The summed E-state index contributed by atoms with van der Waals surface area (Å²) in [5.74, 6) is -0.133. The van der Waals surface area contributed by atoms with Crippen LogP contribution in [0.15, 0.2) is 24.3 Å². The van der Waals surface area contributed by atoms with Crippen molar-refractivity contribution in [1.82, 2.24) is 0 Å². The largest absolute Gasteiger partial charge is 0.320 e. The van der Waals surface area contributed by atoms with Crippen LogP contribution in [0.2, 0.25) is 0 Å². The van der Waals surface area contributed by atoms with Crippen LogP contribution in [0.5, 0.6) is 0 Å². The molecule has 1 nitrogen and oxygen atoms in total. The quantitative estimate of drug-likeness (QED) is 0.686. The molecule has 1 fully saturated rings. The summed E-state index contributed by atoms with van der Waals surface area (Å²) in [6, 6.07) is 7.66. The molecule has 2 rings (SSSR count). The molecule has 1 heterocycles. The third-order valence-electron chi connectivity index (χ3n) is 3.89. The van der Waals surface area contributed by atoms with Gasteiger partial charge in [-0.25, -0.2) is 4.39 Å². The summed E-state index contributed by atoms with van der Waals surface area (Å²) in [6.07, 6.45) is 3.74. The highest BCUT2D eigenvalue weighted by molar-refractivity contribution is 5.19. The molecule has 1 aliphatic rings. The molecule has 1 saturated heterocycles. The Kier molecular flexibility index (Phi) is 3.29. The highest BCUT2D eigenvalue weighted by Gasteiger charge is 2.37. The standard InChI is InChI=1S/C14H21FN/c1-3-10-16(2)11-4-5-14(16)12-6-8-13(15)9-7-12/h6-9,14H,3-5,10-11H2,1-2H3/q+1. The van der Waals surface area contributed by atoms with Gasteiger partial charge in [-0.2, -0.15) is 0 Å². The fourth-order valence-corrected chi connectivity index (χ4v) is 3.10. The molecule has 0 N–H and O–H groups in total. The van der Waals surface area contributed by atoms with Gasteiger partial charge in [0.2, 0.25) is 0 Å². The first-order valence-electron chi connectivity index (χ1n) is 6.25. The molecule has 0 aromatic heterocycles. The molecule has 0 bridgehead atoms. The average Bonchev–Trinajstić information content (AvgIpc) is 2.62. The third kappa shape index (κ3) is 2.12. The number of hydrogen-bond donors (Lipinski definition) is 0. The third-order valence-corrected chi connectivity index (χ3v) is 3.89. The van der Waals surface area contributed by atoms with Gasteiger partial charge in [-0.05, 0) is 18.6 Å². The Bertz CT molecular complexity index is 346. The molecule has 1 aliphatic heterocycles. The Hall–Kier alpha value is -0.890. The number of rotatable bonds is 3. The van der Waals surface area contributed by atoms with Crippen molar-refractivity contribution in [3.63, 3.8) is 0 Å². The van der Waals surface area contributed by atoms with Crippen LogP contribution in [-0.4, -0.2) is 24.6 Å². The topological polar surface area (TPSA) is 0 Å². The van der Waals surface area contributed by atoms with Crippen molar-refractivity contribution in [3.8, 4) is 0 Å². The van der Waals surface area contributed by atoms with E-state index >= 15 is 0 Å². The Morgan fingerprint density at radius 3 is 2.62 bits per heavy atom. The van der Waals surface area contributed by atoms with Crippen molar-refractivity contribution in [2.24, 2.45) is 0 Å². The summed E-state index contributed by atoms with van der Waals surface area (Å²) >= 11 is 0. The number of benzene rings is 1. The van der Waals surface area contributed by atoms with Gasteiger partial charge in [0.25, 0.3) is 0 Å². The maximum absolute atomic E-state index is 12.9. The predicted octanol–water partition coefficient (Wildman–Crippen LogP) is 3.52. The van der Waals surface area contributed by atoms with Gasteiger partial charge in [0.15, 0.2) is 0 Å². The first kappa shape index (κ1) is 11.6. The van der Waals surface area contributed by atoms with Gasteiger partial charge < -0.3 is 4.48 Å². The number of hydrogen-bond acceptors (Lipinski definition) is 0. The van der Waals surface area contributed by atoms with Crippen LogP contribution in [0, 0.1) is 5.82 Å². The molecular weight excluding hydrogens is 201 g/mol. The van der Waals surface area contributed by atoms with Gasteiger partial charge in [-0.1, -0.05) is 19.1 Å². The van der Waals surface area contributed by atoms with Crippen LogP contribution in [0.3, 0.4) is 0 Å². The van der Waals surface area contributed by atoms with Gasteiger partial charge in [-0.3, -0.25) is 0 Å². The molecule has 2 atom stereocenters.